The summed E-state index contributed by atoms with van der Waals surface area (Å²) in [5, 5.41) is 15.3. The Kier molecular flexibility index (Phi) is 7.92. The Morgan fingerprint density at radius 3 is 2.64 bits per heavy atom. The number of hydrogen-bond acceptors (Lipinski definition) is 6. The van der Waals surface area contributed by atoms with Crippen LogP contribution in [0.1, 0.15) is 25.6 Å². The van der Waals surface area contributed by atoms with Crippen LogP contribution in [-0.4, -0.2) is 39.7 Å². The average Bonchev–Trinajstić information content (AvgIpc) is 3.32. The molecule has 0 aliphatic rings. The second-order valence-corrected chi connectivity index (χ2v) is 8.11. The maximum absolute atomic E-state index is 13.5. The standard InChI is InChI=1S/C27H28FN5O3/c1-3-25(35)30-20-10-11-22(36-2)21(16-20)31-24-15-18(12-13-29-24)27-26(17-6-8-19(28)9-7-17)32-23(33-27)5-4-14-34/h6-13,15-16,34H,3-5,14H2,1-2H3,(H,29,31)(H,30,35)(H,32,33). The number of aromatic nitrogens is 3. The summed E-state index contributed by atoms with van der Waals surface area (Å²) in [7, 11) is 1.57. The molecule has 4 N–H and O–H groups in total. The van der Waals surface area contributed by atoms with E-state index >= 15 is 0 Å². The molecule has 0 unspecified atom stereocenters. The van der Waals surface area contributed by atoms with E-state index in [4.69, 9.17) is 9.72 Å². The minimum Gasteiger partial charge on any atom is -0.495 e. The molecule has 0 aliphatic carbocycles. The highest BCUT2D eigenvalue weighted by Gasteiger charge is 2.16. The number of ether oxygens (including phenoxy) is 1. The number of nitrogens with one attached hydrogen (secondary N) is 3. The summed E-state index contributed by atoms with van der Waals surface area (Å²) < 4.78 is 19.0. The van der Waals surface area contributed by atoms with E-state index in [1.54, 1.807) is 50.6 Å². The number of H-pyrrole nitrogens is 1. The van der Waals surface area contributed by atoms with Crippen LogP contribution in [0.15, 0.2) is 60.8 Å². The number of aliphatic hydroxyl groups excluding tert-OH is 1. The van der Waals surface area contributed by atoms with Gasteiger partial charge in [-0.15, -0.1) is 0 Å². The van der Waals surface area contributed by atoms with E-state index in [1.807, 2.05) is 12.1 Å². The van der Waals surface area contributed by atoms with Gasteiger partial charge in [0.1, 0.15) is 23.2 Å². The summed E-state index contributed by atoms with van der Waals surface area (Å²) in [6.45, 7) is 1.85. The van der Waals surface area contributed by atoms with Crippen LogP contribution in [-0.2, 0) is 11.2 Å². The molecule has 2 aromatic carbocycles. The molecule has 0 atom stereocenters. The van der Waals surface area contributed by atoms with Crippen LogP contribution in [0.5, 0.6) is 5.75 Å². The Morgan fingerprint density at radius 1 is 1.11 bits per heavy atom. The minimum absolute atomic E-state index is 0.0604. The fourth-order valence-corrected chi connectivity index (χ4v) is 3.74. The summed E-state index contributed by atoms with van der Waals surface area (Å²) in [6, 6.07) is 15.2. The molecule has 0 saturated carbocycles. The van der Waals surface area contributed by atoms with E-state index in [-0.39, 0.29) is 18.3 Å². The van der Waals surface area contributed by atoms with E-state index in [9.17, 15) is 14.3 Å². The number of hydrogen-bond donors (Lipinski definition) is 4. The number of amides is 1. The van der Waals surface area contributed by atoms with Crippen LogP contribution in [0.25, 0.3) is 22.5 Å². The molecule has 1 amide bonds. The molecule has 36 heavy (non-hydrogen) atoms. The maximum Gasteiger partial charge on any atom is 0.224 e. The maximum atomic E-state index is 13.5. The zero-order chi connectivity index (χ0) is 25.5. The van der Waals surface area contributed by atoms with Crippen molar-refractivity contribution in [3.8, 4) is 28.3 Å². The smallest absolute Gasteiger partial charge is 0.224 e. The Labute approximate surface area is 208 Å². The fraction of sp³-hybridized carbons (Fsp3) is 0.222. The van der Waals surface area contributed by atoms with Gasteiger partial charge in [0.15, 0.2) is 0 Å². The average molecular weight is 490 g/mol. The van der Waals surface area contributed by atoms with E-state index < -0.39 is 0 Å². The first-order valence-electron chi connectivity index (χ1n) is 11.7. The van der Waals surface area contributed by atoms with Crippen molar-refractivity contribution in [3.05, 3.63) is 72.4 Å². The molecule has 0 spiro atoms. The minimum atomic E-state index is -0.318. The number of imidazole rings is 1. The van der Waals surface area contributed by atoms with E-state index in [1.165, 1.54) is 12.1 Å². The van der Waals surface area contributed by atoms with Crippen LogP contribution in [0, 0.1) is 5.82 Å². The third-order valence-corrected chi connectivity index (χ3v) is 5.56. The van der Waals surface area contributed by atoms with Crippen molar-refractivity contribution in [3.63, 3.8) is 0 Å². The van der Waals surface area contributed by atoms with Crippen LogP contribution in [0.3, 0.4) is 0 Å². The van der Waals surface area contributed by atoms with Gasteiger partial charge in [0, 0.05) is 42.5 Å². The third-order valence-electron chi connectivity index (χ3n) is 5.56. The lowest BCUT2D eigenvalue weighted by atomic mass is 10.1. The second kappa shape index (κ2) is 11.5. The number of aliphatic hydroxyl groups is 1. The van der Waals surface area contributed by atoms with Crippen molar-refractivity contribution >= 4 is 23.1 Å². The van der Waals surface area contributed by atoms with Crippen LogP contribution in [0.4, 0.5) is 21.6 Å². The Morgan fingerprint density at radius 2 is 1.92 bits per heavy atom. The highest BCUT2D eigenvalue weighted by molar-refractivity contribution is 5.91. The lowest BCUT2D eigenvalue weighted by Gasteiger charge is -2.13. The number of pyridine rings is 1. The highest BCUT2D eigenvalue weighted by Crippen LogP contribution is 2.34. The van der Waals surface area contributed by atoms with Gasteiger partial charge in [0.25, 0.3) is 0 Å². The highest BCUT2D eigenvalue weighted by atomic mass is 19.1. The summed E-state index contributed by atoms with van der Waals surface area (Å²) in [4.78, 5) is 24.4. The van der Waals surface area contributed by atoms with Crippen LogP contribution >= 0.6 is 0 Å². The second-order valence-electron chi connectivity index (χ2n) is 8.11. The van der Waals surface area contributed by atoms with Gasteiger partial charge in [-0.25, -0.2) is 14.4 Å². The number of benzene rings is 2. The van der Waals surface area contributed by atoms with E-state index in [0.717, 1.165) is 22.6 Å². The Hall–Kier alpha value is -4.24. The summed E-state index contributed by atoms with van der Waals surface area (Å²) in [6.07, 6.45) is 3.19. The number of anilines is 3. The zero-order valence-corrected chi connectivity index (χ0v) is 20.1. The van der Waals surface area contributed by atoms with Crippen molar-refractivity contribution in [1.82, 2.24) is 15.0 Å². The predicted octanol–water partition coefficient (Wildman–Crippen LogP) is 5.30. The monoisotopic (exact) mass is 489 g/mol. The quantitative estimate of drug-likeness (QED) is 0.240. The number of aryl methyl sites for hydroxylation is 1. The van der Waals surface area contributed by atoms with Gasteiger partial charge in [-0.3, -0.25) is 4.79 Å². The molecular weight excluding hydrogens is 461 g/mol. The topological polar surface area (TPSA) is 112 Å². The number of aromatic amines is 1. The molecule has 2 aromatic heterocycles. The van der Waals surface area contributed by atoms with Gasteiger partial charge in [0.05, 0.1) is 24.2 Å². The van der Waals surface area contributed by atoms with Gasteiger partial charge < -0.3 is 25.5 Å². The number of carbonyl (C=O) groups is 1. The summed E-state index contributed by atoms with van der Waals surface area (Å²) in [5.41, 5.74) is 4.31. The van der Waals surface area contributed by atoms with Crippen LogP contribution < -0.4 is 15.4 Å². The zero-order valence-electron chi connectivity index (χ0n) is 20.1. The number of nitrogens with zero attached hydrogens (tertiary/aromatic N) is 2. The molecule has 4 aromatic rings. The van der Waals surface area contributed by atoms with Crippen molar-refractivity contribution < 1.29 is 19.0 Å². The lowest BCUT2D eigenvalue weighted by Crippen LogP contribution is -2.09. The van der Waals surface area contributed by atoms with Crippen molar-refractivity contribution in [2.24, 2.45) is 0 Å². The third kappa shape index (κ3) is 5.87. The van der Waals surface area contributed by atoms with Crippen molar-refractivity contribution in [1.29, 1.82) is 0 Å². The largest absolute Gasteiger partial charge is 0.495 e. The predicted molar refractivity (Wildman–Crippen MR) is 138 cm³/mol. The molecule has 0 saturated heterocycles. The van der Waals surface area contributed by atoms with Gasteiger partial charge in [-0.1, -0.05) is 6.92 Å². The molecule has 9 heteroatoms. The van der Waals surface area contributed by atoms with Crippen molar-refractivity contribution in [2.45, 2.75) is 26.2 Å². The van der Waals surface area contributed by atoms with E-state index in [0.29, 0.717) is 47.9 Å². The van der Waals surface area contributed by atoms with Gasteiger partial charge >= 0.3 is 0 Å². The van der Waals surface area contributed by atoms with Gasteiger partial charge in [-0.05, 0) is 61.0 Å². The summed E-state index contributed by atoms with van der Waals surface area (Å²) in [5.74, 6) is 1.47. The number of methoxy groups -OCH3 is 1. The molecule has 186 valence electrons. The normalized spacial score (nSPS) is 10.8. The van der Waals surface area contributed by atoms with Crippen molar-refractivity contribution in [2.75, 3.05) is 24.4 Å². The van der Waals surface area contributed by atoms with E-state index in [2.05, 4.69) is 20.6 Å². The number of rotatable bonds is 10. The van der Waals surface area contributed by atoms with Gasteiger partial charge in [0.2, 0.25) is 5.91 Å². The Balaban J connectivity index is 1.69. The fourth-order valence-electron chi connectivity index (χ4n) is 3.74. The molecule has 0 bridgehead atoms. The number of carbonyl (C=O) groups excluding carboxylic acids is 1. The van der Waals surface area contributed by atoms with Gasteiger partial charge in [-0.2, -0.15) is 0 Å². The molecule has 0 fully saturated rings. The first-order chi connectivity index (χ1) is 17.5. The first kappa shape index (κ1) is 24.9. The molecule has 2 heterocycles. The number of halogens is 1. The Bertz CT molecular complexity index is 1340. The molecule has 8 nitrogen and oxygen atoms in total. The molecule has 0 aliphatic heterocycles. The first-order valence-corrected chi connectivity index (χ1v) is 11.7. The molecule has 0 radical (unpaired) electrons. The lowest BCUT2D eigenvalue weighted by molar-refractivity contribution is -0.115. The molecule has 4 rings (SSSR count). The SMILES string of the molecule is CCC(=O)Nc1ccc(OC)c(Nc2cc(-c3nc(CCCO)[nH]c3-c3ccc(F)cc3)ccn2)c1. The van der Waals surface area contributed by atoms with Crippen LogP contribution in [0.2, 0.25) is 0 Å². The summed E-state index contributed by atoms with van der Waals surface area (Å²) >= 11 is 0. The molecular formula is C27H28FN5O3.